The summed E-state index contributed by atoms with van der Waals surface area (Å²) in [5, 5.41) is 0. The van der Waals surface area contributed by atoms with E-state index in [2.05, 4.69) is 0 Å². The Morgan fingerprint density at radius 3 is 0.592 bits per heavy atom. The summed E-state index contributed by atoms with van der Waals surface area (Å²) in [6.45, 7) is 2.09. The van der Waals surface area contributed by atoms with Gasteiger partial charge < -0.3 is 122 Å². The molecule has 0 radical (unpaired) electrons. The van der Waals surface area contributed by atoms with E-state index in [1.54, 1.807) is 0 Å². The average Bonchev–Trinajstić information content (AvgIpc) is 2.66. The maximum Gasteiger partial charge on any atom is 0.649 e. The number of halogens is 4. The molecule has 0 spiro atoms. The molecule has 0 bridgehead atoms. The summed E-state index contributed by atoms with van der Waals surface area (Å²) in [4.78, 5) is 88.8. The summed E-state index contributed by atoms with van der Waals surface area (Å²) in [6.07, 6.45) is 1.08. The van der Waals surface area contributed by atoms with Crippen molar-refractivity contribution in [2.75, 3.05) is 111 Å². The van der Waals surface area contributed by atoms with Crippen LogP contribution in [0.25, 0.3) is 0 Å². The van der Waals surface area contributed by atoms with E-state index in [0.717, 1.165) is 0 Å². The molecule has 8 N–H and O–H groups in total. The van der Waals surface area contributed by atoms with E-state index in [9.17, 15) is 38.4 Å². The number of nitrogens with zero attached hydrogens (tertiary/aromatic N) is 4. The van der Waals surface area contributed by atoms with Gasteiger partial charge in [-0.3, -0.25) is 0 Å². The van der Waals surface area contributed by atoms with E-state index >= 15 is 0 Å². The minimum Gasteiger partial charge on any atom is -1.00 e. The molecule has 0 heterocycles. The van der Waals surface area contributed by atoms with Gasteiger partial charge in [0.05, 0.1) is 111 Å². The fourth-order valence-electron chi connectivity index (χ4n) is 4.26. The maximum atomic E-state index is 11.1. The van der Waals surface area contributed by atoms with E-state index < -0.39 is 44.3 Å². The Hall–Kier alpha value is 1.60. The second-order valence-corrected chi connectivity index (χ2v) is 28.6. The number of rotatable bonds is 24. The Morgan fingerprint density at radius 2 is 0.469 bits per heavy atom. The van der Waals surface area contributed by atoms with Gasteiger partial charge in [0.25, 0.3) is 0 Å². The summed E-state index contributed by atoms with van der Waals surface area (Å²) in [6, 6.07) is -1.17. The normalized spacial score (nSPS) is 14.0. The molecule has 0 saturated carbocycles. The molecule has 0 aliphatic heterocycles. The summed E-state index contributed by atoms with van der Waals surface area (Å²) >= 11 is 0. The first-order chi connectivity index (χ1) is 19.7. The Balaban J connectivity index is -0.00000161. The van der Waals surface area contributed by atoms with Crippen LogP contribution in [0.15, 0.2) is 0 Å². The zero-order valence-corrected chi connectivity index (χ0v) is 39.5. The van der Waals surface area contributed by atoms with Gasteiger partial charge in [-0.1, -0.05) is 0 Å². The standard InChI is InChI=1S/C24H68N4O12Si5.4ClH/c1-25(2,3)17-13-21-41(29,30)37-45(38-42(31,32)22-14-18-26(4,5)6,39-43(33,34)23-15-19-27(7,8)9)40-44(35,36)24-16-20-28(10,11)12;;;;/h29-36H,13-24H2,1-12H3;4*1H/q+4;;;;/p-4. The lowest BCUT2D eigenvalue weighted by atomic mass is 10.4. The second-order valence-electron chi connectivity index (χ2n) is 16.4. The third-order valence-electron chi connectivity index (χ3n) is 6.48. The molecule has 49 heavy (non-hydrogen) atoms. The van der Waals surface area contributed by atoms with Crippen molar-refractivity contribution in [2.24, 2.45) is 0 Å². The van der Waals surface area contributed by atoms with Gasteiger partial charge >= 0.3 is 44.3 Å². The van der Waals surface area contributed by atoms with Crippen molar-refractivity contribution in [2.45, 2.75) is 49.9 Å². The smallest absolute Gasteiger partial charge is 0.649 e. The van der Waals surface area contributed by atoms with Crippen LogP contribution in [0.2, 0.25) is 24.2 Å². The van der Waals surface area contributed by atoms with E-state index in [0.29, 0.717) is 44.1 Å². The Morgan fingerprint density at radius 1 is 0.327 bits per heavy atom. The van der Waals surface area contributed by atoms with Crippen LogP contribution < -0.4 is 49.6 Å². The Bertz CT molecular complexity index is 755. The van der Waals surface area contributed by atoms with E-state index in [1.165, 1.54) is 0 Å². The molecule has 0 aromatic carbocycles. The van der Waals surface area contributed by atoms with Crippen LogP contribution in [-0.4, -0.2) is 211 Å². The summed E-state index contributed by atoms with van der Waals surface area (Å²) in [5.74, 6) is 0. The van der Waals surface area contributed by atoms with Crippen LogP contribution in [0.4, 0.5) is 0 Å². The van der Waals surface area contributed by atoms with Crippen molar-refractivity contribution >= 4 is 44.3 Å². The molecule has 0 rings (SSSR count). The molecule has 0 aromatic rings. The van der Waals surface area contributed by atoms with Crippen molar-refractivity contribution in [3.8, 4) is 0 Å². The molecule has 0 amide bonds. The number of hydrogen-bond acceptors (Lipinski definition) is 12. The predicted octanol–water partition coefficient (Wildman–Crippen LogP) is -14.4. The monoisotopic (exact) mass is 884 g/mol. The molecule has 0 saturated heterocycles. The van der Waals surface area contributed by atoms with Gasteiger partial charge in [-0.2, -0.15) is 0 Å². The lowest BCUT2D eigenvalue weighted by molar-refractivity contribution is -0.870. The third kappa shape index (κ3) is 33.9. The van der Waals surface area contributed by atoms with Crippen LogP contribution in [0.3, 0.4) is 0 Å². The fraction of sp³-hybridized carbons (Fsp3) is 1.00. The van der Waals surface area contributed by atoms with Gasteiger partial charge in [-0.25, -0.2) is 0 Å². The number of quaternary nitrogens is 4. The van der Waals surface area contributed by atoms with Crippen LogP contribution in [0.1, 0.15) is 25.7 Å². The molecular weight excluding hydrogens is 819 g/mol. The first-order valence-electron chi connectivity index (χ1n) is 15.5. The van der Waals surface area contributed by atoms with E-state index in [4.69, 9.17) is 16.5 Å². The van der Waals surface area contributed by atoms with Gasteiger partial charge in [0, 0.05) is 49.9 Å². The molecule has 0 aliphatic rings. The molecule has 0 atom stereocenters. The van der Waals surface area contributed by atoms with Crippen molar-refractivity contribution in [3.63, 3.8) is 0 Å². The minimum absolute atomic E-state index is 0. The van der Waals surface area contributed by atoms with Gasteiger partial charge in [-0.15, -0.1) is 0 Å². The highest BCUT2D eigenvalue weighted by Crippen LogP contribution is 2.30. The maximum absolute atomic E-state index is 11.1. The molecule has 25 heteroatoms. The van der Waals surface area contributed by atoms with Crippen LogP contribution in [-0.2, 0) is 16.5 Å². The van der Waals surface area contributed by atoms with Gasteiger partial charge in [0.1, 0.15) is 0 Å². The minimum atomic E-state index is -5.49. The van der Waals surface area contributed by atoms with Crippen molar-refractivity contribution in [3.05, 3.63) is 0 Å². The van der Waals surface area contributed by atoms with Crippen LogP contribution >= 0.6 is 0 Å². The molecular formula is C24H68Cl4N4O12Si5. The summed E-state index contributed by atoms with van der Waals surface area (Å²) in [7, 11) is -1.88. The third-order valence-corrected chi connectivity index (χ3v) is 19.7. The van der Waals surface area contributed by atoms with E-state index in [1.807, 2.05) is 84.6 Å². The first kappa shape index (κ1) is 59.9. The molecule has 0 aromatic heterocycles. The highest BCUT2D eigenvalue weighted by molar-refractivity contribution is 6.84. The lowest BCUT2D eigenvalue weighted by Crippen LogP contribution is -3.00. The van der Waals surface area contributed by atoms with Gasteiger partial charge in [-0.05, 0) is 0 Å². The lowest BCUT2D eigenvalue weighted by Gasteiger charge is -2.40. The van der Waals surface area contributed by atoms with Crippen molar-refractivity contribution < 1.29 is 122 Å². The molecule has 0 fully saturated rings. The topological polar surface area (TPSA) is 199 Å². The predicted molar refractivity (Wildman–Crippen MR) is 180 cm³/mol. The highest BCUT2D eigenvalue weighted by Gasteiger charge is 2.65. The second kappa shape index (κ2) is 22.9. The zero-order chi connectivity index (χ0) is 35.8. The van der Waals surface area contributed by atoms with Crippen molar-refractivity contribution in [1.29, 1.82) is 0 Å². The largest absolute Gasteiger partial charge is 1.00 e. The van der Waals surface area contributed by atoms with Gasteiger partial charge in [0.15, 0.2) is 0 Å². The number of hydrogen-bond donors (Lipinski definition) is 8. The Kier molecular flexibility index (Phi) is 27.9. The SMILES string of the molecule is C[N+](C)(C)CCC[Si](O)(O)O[Si](O[Si](O)(O)CCC[N+](C)(C)C)(O[Si](O)(O)CCC[N+](C)(C)C)O[Si](O)(O)CCC[N+](C)(C)C.[Cl-].[Cl-].[Cl-].[Cl-]. The van der Waals surface area contributed by atoms with Crippen LogP contribution in [0, 0.1) is 0 Å². The van der Waals surface area contributed by atoms with Crippen LogP contribution in [0.5, 0.6) is 0 Å². The first-order valence-corrected chi connectivity index (χ1v) is 25.1. The quantitative estimate of drug-likeness (QED) is 0.0338. The molecule has 0 unspecified atom stereocenters. The average molecular weight is 887 g/mol. The zero-order valence-electron chi connectivity index (χ0n) is 31.5. The summed E-state index contributed by atoms with van der Waals surface area (Å²) in [5.41, 5.74) is 0. The molecule has 304 valence electrons. The summed E-state index contributed by atoms with van der Waals surface area (Å²) < 4.78 is 24.6. The molecule has 0 aliphatic carbocycles. The van der Waals surface area contributed by atoms with Gasteiger partial charge in [0.2, 0.25) is 0 Å². The Labute approximate surface area is 325 Å². The van der Waals surface area contributed by atoms with E-state index in [-0.39, 0.29) is 99.5 Å². The fourth-order valence-corrected chi connectivity index (χ4v) is 18.0. The van der Waals surface area contributed by atoms with Crippen molar-refractivity contribution in [1.82, 2.24) is 0 Å². The highest BCUT2D eigenvalue weighted by atomic mass is 35.5. The molecule has 16 nitrogen and oxygen atoms in total.